The summed E-state index contributed by atoms with van der Waals surface area (Å²) >= 11 is 0. The van der Waals surface area contributed by atoms with Crippen molar-refractivity contribution >= 4 is 19.3 Å². The Balaban J connectivity index is 1.88. The number of aryl methyl sites for hydroxylation is 1. The predicted octanol–water partition coefficient (Wildman–Crippen LogP) is 8.48. The van der Waals surface area contributed by atoms with Crippen molar-refractivity contribution in [1.82, 2.24) is 0 Å². The van der Waals surface area contributed by atoms with E-state index in [0.717, 1.165) is 6.42 Å². The number of ether oxygens (including phenoxy) is 1. The molecule has 0 aliphatic heterocycles. The fourth-order valence-electron chi connectivity index (χ4n) is 6.85. The molecule has 1 nitrogen and oxygen atoms in total. The van der Waals surface area contributed by atoms with Crippen LogP contribution in [-0.4, -0.2) is 13.7 Å². The molecule has 0 bridgehead atoms. The molecule has 0 amide bonds. The molecule has 0 aromatic heterocycles. The molecule has 34 heavy (non-hydrogen) atoms. The van der Waals surface area contributed by atoms with Gasteiger partial charge in [0.05, 0.1) is 8.07 Å². The molecule has 0 radical (unpaired) electrons. The van der Waals surface area contributed by atoms with E-state index in [1.54, 1.807) is 5.56 Å². The highest BCUT2D eigenvalue weighted by Crippen LogP contribution is 2.57. The Morgan fingerprint density at radius 3 is 2.29 bits per heavy atom. The third kappa shape index (κ3) is 4.55. The highest BCUT2D eigenvalue weighted by Gasteiger charge is 2.51. The third-order valence-electron chi connectivity index (χ3n) is 8.31. The first-order valence-electron chi connectivity index (χ1n) is 13.4. The first-order valence-corrected chi connectivity index (χ1v) is 16.5. The molecule has 184 valence electrons. The second-order valence-corrected chi connectivity index (χ2v) is 18.1. The molecule has 0 heterocycles. The molecule has 2 heteroatoms. The quantitative estimate of drug-likeness (QED) is 0.404. The van der Waals surface area contributed by atoms with Crippen molar-refractivity contribution in [3.63, 3.8) is 0 Å². The second kappa shape index (κ2) is 8.70. The average molecular weight is 475 g/mol. The van der Waals surface area contributed by atoms with Gasteiger partial charge in [-0.2, -0.15) is 0 Å². The van der Waals surface area contributed by atoms with Crippen LogP contribution in [0, 0.1) is 11.8 Å². The van der Waals surface area contributed by atoms with Crippen LogP contribution in [0.25, 0.3) is 6.08 Å². The Morgan fingerprint density at radius 2 is 1.68 bits per heavy atom. The normalized spacial score (nSPS) is 24.6. The summed E-state index contributed by atoms with van der Waals surface area (Å²) in [6.07, 6.45) is 7.33. The number of fused-ring (bicyclic) bond motifs is 3. The minimum absolute atomic E-state index is 0.0402. The SMILES string of the molecule is CCc1cc(C(C)(C)C)c(OC(C)(C)C)c([Si](C)(C)C2C(C)CC3c4ccccc4C=CC32)c1. The van der Waals surface area contributed by atoms with Gasteiger partial charge in [-0.3, -0.25) is 0 Å². The van der Waals surface area contributed by atoms with Gasteiger partial charge in [-0.25, -0.2) is 0 Å². The van der Waals surface area contributed by atoms with Gasteiger partial charge in [0.2, 0.25) is 0 Å². The van der Waals surface area contributed by atoms with Crippen LogP contribution in [0.3, 0.4) is 0 Å². The number of benzene rings is 2. The van der Waals surface area contributed by atoms with Crippen molar-refractivity contribution in [1.29, 1.82) is 0 Å². The molecular weight excluding hydrogens is 428 g/mol. The number of allylic oxidation sites excluding steroid dienone is 1. The van der Waals surface area contributed by atoms with Crippen LogP contribution in [0.4, 0.5) is 0 Å². The van der Waals surface area contributed by atoms with E-state index in [9.17, 15) is 0 Å². The van der Waals surface area contributed by atoms with Crippen molar-refractivity contribution in [3.8, 4) is 5.75 Å². The van der Waals surface area contributed by atoms with Crippen molar-refractivity contribution in [2.75, 3.05) is 0 Å². The van der Waals surface area contributed by atoms with Gasteiger partial charge in [-0.15, -0.1) is 0 Å². The van der Waals surface area contributed by atoms with Crippen LogP contribution in [-0.2, 0) is 11.8 Å². The number of rotatable bonds is 4. The zero-order valence-electron chi connectivity index (χ0n) is 23.3. The minimum atomic E-state index is -1.92. The summed E-state index contributed by atoms with van der Waals surface area (Å²) < 4.78 is 6.88. The van der Waals surface area contributed by atoms with Crippen LogP contribution in [0.15, 0.2) is 42.5 Å². The van der Waals surface area contributed by atoms with E-state index in [1.165, 1.54) is 34.0 Å². The van der Waals surface area contributed by atoms with E-state index in [0.29, 0.717) is 23.3 Å². The molecule has 2 aliphatic rings. The smallest absolute Gasteiger partial charge is 0.123 e. The van der Waals surface area contributed by atoms with Gasteiger partial charge in [0.25, 0.3) is 0 Å². The van der Waals surface area contributed by atoms with Gasteiger partial charge in [0.15, 0.2) is 0 Å². The summed E-state index contributed by atoms with van der Waals surface area (Å²) in [5.41, 5.74) is 6.34. The molecule has 2 aliphatic carbocycles. The summed E-state index contributed by atoms with van der Waals surface area (Å²) in [4.78, 5) is 0. The fourth-order valence-corrected chi connectivity index (χ4v) is 11.4. The Kier molecular flexibility index (Phi) is 6.47. The van der Waals surface area contributed by atoms with Crippen LogP contribution in [0.5, 0.6) is 5.75 Å². The molecule has 4 unspecified atom stereocenters. The highest BCUT2D eigenvalue weighted by atomic mass is 28.3. The lowest BCUT2D eigenvalue weighted by Gasteiger charge is -2.41. The van der Waals surface area contributed by atoms with E-state index >= 15 is 0 Å². The van der Waals surface area contributed by atoms with E-state index in [-0.39, 0.29) is 11.0 Å². The topological polar surface area (TPSA) is 9.23 Å². The van der Waals surface area contributed by atoms with Crippen molar-refractivity contribution in [3.05, 3.63) is 64.7 Å². The van der Waals surface area contributed by atoms with E-state index in [4.69, 9.17) is 4.74 Å². The van der Waals surface area contributed by atoms with Gasteiger partial charge in [-0.05, 0) is 89.8 Å². The molecule has 0 saturated heterocycles. The number of hydrogen-bond donors (Lipinski definition) is 0. The summed E-state index contributed by atoms with van der Waals surface area (Å²) in [6, 6.07) is 14.0. The maximum atomic E-state index is 6.88. The Bertz CT molecular complexity index is 1080. The molecule has 4 rings (SSSR count). The summed E-state index contributed by atoms with van der Waals surface area (Å²) in [7, 11) is -1.92. The van der Waals surface area contributed by atoms with Gasteiger partial charge < -0.3 is 4.74 Å². The monoisotopic (exact) mass is 474 g/mol. The third-order valence-corrected chi connectivity index (χ3v) is 12.7. The zero-order chi connectivity index (χ0) is 25.1. The molecule has 2 aromatic carbocycles. The van der Waals surface area contributed by atoms with E-state index in [2.05, 4.69) is 117 Å². The molecule has 4 atom stereocenters. The highest BCUT2D eigenvalue weighted by molar-refractivity contribution is 6.91. The predicted molar refractivity (Wildman–Crippen MR) is 151 cm³/mol. The van der Waals surface area contributed by atoms with Crippen LogP contribution in [0.2, 0.25) is 18.6 Å². The van der Waals surface area contributed by atoms with Crippen molar-refractivity contribution < 1.29 is 4.74 Å². The van der Waals surface area contributed by atoms with E-state index in [1.807, 2.05) is 0 Å². The van der Waals surface area contributed by atoms with Crippen LogP contribution >= 0.6 is 0 Å². The first-order chi connectivity index (χ1) is 15.7. The van der Waals surface area contributed by atoms with Crippen LogP contribution in [0.1, 0.15) is 90.0 Å². The summed E-state index contributed by atoms with van der Waals surface area (Å²) in [6.45, 7) is 23.7. The Labute approximate surface area is 210 Å². The molecule has 1 saturated carbocycles. The van der Waals surface area contributed by atoms with Gasteiger partial charge in [0, 0.05) is 0 Å². The lowest BCUT2D eigenvalue weighted by atomic mass is 9.81. The average Bonchev–Trinajstić information content (AvgIpc) is 3.09. The maximum absolute atomic E-state index is 6.88. The molecular formula is C32H46OSi. The van der Waals surface area contributed by atoms with Gasteiger partial charge in [-0.1, -0.05) is 96.3 Å². The van der Waals surface area contributed by atoms with E-state index < -0.39 is 8.07 Å². The van der Waals surface area contributed by atoms with Crippen molar-refractivity contribution in [2.45, 2.75) is 104 Å². The lowest BCUT2D eigenvalue weighted by Crippen LogP contribution is -2.51. The second-order valence-electron chi connectivity index (χ2n) is 13.5. The Morgan fingerprint density at radius 1 is 1.00 bits per heavy atom. The Hall–Kier alpha value is -1.80. The molecule has 0 spiro atoms. The van der Waals surface area contributed by atoms with Crippen LogP contribution < -0.4 is 9.92 Å². The lowest BCUT2D eigenvalue weighted by molar-refractivity contribution is 0.129. The standard InChI is InChI=1S/C32H46OSi/c1-11-22-19-27(31(3,4)5)29(33-32(6,7)8)28(20-22)34(9,10)30-21(2)18-26-24-15-13-12-14-23(24)16-17-25(26)30/h12-17,19-21,25-26,30H,11,18H2,1-10H3. The number of hydrogen-bond acceptors (Lipinski definition) is 1. The van der Waals surface area contributed by atoms with Gasteiger partial charge >= 0.3 is 0 Å². The fraction of sp³-hybridized carbons (Fsp3) is 0.562. The molecule has 1 fully saturated rings. The summed E-state index contributed by atoms with van der Waals surface area (Å²) in [5, 5.41) is 1.54. The van der Waals surface area contributed by atoms with Crippen molar-refractivity contribution in [2.24, 2.45) is 11.8 Å². The zero-order valence-corrected chi connectivity index (χ0v) is 24.3. The largest absolute Gasteiger partial charge is 0.488 e. The summed E-state index contributed by atoms with van der Waals surface area (Å²) in [5.74, 6) is 3.16. The van der Waals surface area contributed by atoms with Gasteiger partial charge in [0.1, 0.15) is 11.4 Å². The minimum Gasteiger partial charge on any atom is -0.488 e. The first kappa shape index (κ1) is 25.3. The molecule has 0 N–H and O–H groups in total. The maximum Gasteiger partial charge on any atom is 0.123 e. The molecule has 2 aromatic rings.